The molecule has 2 N–H and O–H groups in total. The first-order chi connectivity index (χ1) is 10.7. The van der Waals surface area contributed by atoms with E-state index in [4.69, 9.17) is 22.1 Å². The molecule has 0 heterocycles. The molecule has 0 aliphatic heterocycles. The second-order valence-electron chi connectivity index (χ2n) is 4.67. The van der Waals surface area contributed by atoms with Crippen molar-refractivity contribution in [2.75, 3.05) is 20.3 Å². The van der Waals surface area contributed by atoms with Gasteiger partial charge in [0.15, 0.2) is 5.17 Å². The van der Waals surface area contributed by atoms with Gasteiger partial charge in [-0.25, -0.2) is 0 Å². The van der Waals surface area contributed by atoms with Crippen molar-refractivity contribution in [3.05, 3.63) is 70.7 Å². The predicted octanol–water partition coefficient (Wildman–Crippen LogP) is 4.12. The molecule has 0 amide bonds. The molecule has 0 aliphatic rings. The molecule has 0 unspecified atom stereocenters. The number of nitrogens with two attached hydrogens (primary N) is 1. The number of benzene rings is 2. The molecule has 5 heteroatoms. The summed E-state index contributed by atoms with van der Waals surface area (Å²) in [4.78, 5) is 4.33. The molecule has 0 spiro atoms. The van der Waals surface area contributed by atoms with Crippen molar-refractivity contribution >= 4 is 28.5 Å². The Morgan fingerprint density at radius 2 is 1.77 bits per heavy atom. The van der Waals surface area contributed by atoms with Gasteiger partial charge < -0.3 is 10.5 Å². The number of rotatable bonds is 6. The number of amidine groups is 1. The van der Waals surface area contributed by atoms with Crippen LogP contribution in [0.25, 0.3) is 0 Å². The molecule has 0 aliphatic carbocycles. The molecular weight excluding hydrogens is 316 g/mol. The third kappa shape index (κ3) is 5.05. The van der Waals surface area contributed by atoms with Gasteiger partial charge in [-0.05, 0) is 23.3 Å². The molecule has 0 saturated carbocycles. The van der Waals surface area contributed by atoms with Gasteiger partial charge in [0.1, 0.15) is 0 Å². The summed E-state index contributed by atoms with van der Waals surface area (Å²) in [6.07, 6.45) is 0. The Morgan fingerprint density at radius 1 is 1.14 bits per heavy atom. The second-order valence-corrected chi connectivity index (χ2v) is 6.23. The highest BCUT2D eigenvalue weighted by Gasteiger charge is 2.16. The van der Waals surface area contributed by atoms with Crippen LogP contribution in [0.3, 0.4) is 0 Å². The number of halogens is 1. The molecule has 0 bridgehead atoms. The fourth-order valence-electron chi connectivity index (χ4n) is 2.00. The highest BCUT2D eigenvalue weighted by Crippen LogP contribution is 2.35. The van der Waals surface area contributed by atoms with Gasteiger partial charge in [-0.2, -0.15) is 0 Å². The van der Waals surface area contributed by atoms with Crippen LogP contribution in [0.4, 0.5) is 0 Å². The van der Waals surface area contributed by atoms with Gasteiger partial charge in [0.25, 0.3) is 0 Å². The maximum absolute atomic E-state index is 6.05. The summed E-state index contributed by atoms with van der Waals surface area (Å²) in [6, 6.07) is 18.1. The van der Waals surface area contributed by atoms with E-state index in [1.807, 2.05) is 42.5 Å². The maximum Gasteiger partial charge on any atom is 0.154 e. The first kappa shape index (κ1) is 16.9. The molecule has 2 rings (SSSR count). The Kier molecular flexibility index (Phi) is 6.77. The number of ether oxygens (including phenoxy) is 1. The zero-order valence-corrected chi connectivity index (χ0v) is 14.0. The van der Waals surface area contributed by atoms with E-state index in [-0.39, 0.29) is 5.25 Å². The molecule has 0 aromatic heterocycles. The third-order valence-corrected chi connectivity index (χ3v) is 4.48. The van der Waals surface area contributed by atoms with Crippen LogP contribution in [0.2, 0.25) is 5.02 Å². The van der Waals surface area contributed by atoms with Crippen molar-refractivity contribution in [2.24, 2.45) is 10.7 Å². The summed E-state index contributed by atoms with van der Waals surface area (Å²) in [6.45, 7) is 1.13. The van der Waals surface area contributed by atoms with E-state index in [0.717, 1.165) is 10.6 Å². The molecule has 2 aromatic carbocycles. The number of hydrogen-bond acceptors (Lipinski definition) is 3. The van der Waals surface area contributed by atoms with E-state index in [1.54, 1.807) is 7.11 Å². The van der Waals surface area contributed by atoms with Crippen molar-refractivity contribution in [2.45, 2.75) is 5.25 Å². The minimum atomic E-state index is 0.0877. The lowest BCUT2D eigenvalue weighted by Crippen LogP contribution is -2.12. The minimum Gasteiger partial charge on any atom is -0.383 e. The molecule has 0 saturated heterocycles. The normalized spacial score (nSPS) is 13.1. The van der Waals surface area contributed by atoms with Gasteiger partial charge in [-0.15, -0.1) is 0 Å². The van der Waals surface area contributed by atoms with E-state index >= 15 is 0 Å². The van der Waals surface area contributed by atoms with Crippen LogP contribution in [0.1, 0.15) is 16.4 Å². The lowest BCUT2D eigenvalue weighted by atomic mass is 10.0. The lowest BCUT2D eigenvalue weighted by Gasteiger charge is -2.17. The number of thioether (sulfide) groups is 1. The molecule has 2 aromatic rings. The average Bonchev–Trinajstić information content (AvgIpc) is 2.55. The minimum absolute atomic E-state index is 0.0877. The van der Waals surface area contributed by atoms with Gasteiger partial charge in [0.05, 0.1) is 18.4 Å². The molecule has 0 fully saturated rings. The van der Waals surface area contributed by atoms with Crippen LogP contribution in [0, 0.1) is 0 Å². The van der Waals surface area contributed by atoms with Gasteiger partial charge in [0, 0.05) is 12.1 Å². The number of methoxy groups -OCH3 is 1. The van der Waals surface area contributed by atoms with E-state index in [1.165, 1.54) is 17.3 Å². The van der Waals surface area contributed by atoms with Crippen molar-refractivity contribution in [3.8, 4) is 0 Å². The summed E-state index contributed by atoms with van der Waals surface area (Å²) in [5, 5.41) is 1.37. The van der Waals surface area contributed by atoms with Gasteiger partial charge in [-0.3, -0.25) is 4.99 Å². The Balaban J connectivity index is 2.22. The van der Waals surface area contributed by atoms with Crippen molar-refractivity contribution in [1.82, 2.24) is 0 Å². The zero-order valence-electron chi connectivity index (χ0n) is 12.4. The van der Waals surface area contributed by atoms with Crippen molar-refractivity contribution in [1.29, 1.82) is 0 Å². The molecule has 0 radical (unpaired) electrons. The first-order valence-electron chi connectivity index (χ1n) is 6.96. The van der Waals surface area contributed by atoms with Gasteiger partial charge >= 0.3 is 0 Å². The van der Waals surface area contributed by atoms with Gasteiger partial charge in [-0.1, -0.05) is 65.8 Å². The molecule has 1 atom stereocenters. The first-order valence-corrected chi connectivity index (χ1v) is 8.22. The van der Waals surface area contributed by atoms with Crippen molar-refractivity contribution < 1.29 is 4.74 Å². The molecular formula is C17H19ClN2OS. The summed E-state index contributed by atoms with van der Waals surface area (Å²) < 4.78 is 4.99. The third-order valence-electron chi connectivity index (χ3n) is 3.08. The summed E-state index contributed by atoms with van der Waals surface area (Å²) in [7, 11) is 1.65. The van der Waals surface area contributed by atoms with Crippen LogP contribution in [0.5, 0.6) is 0 Å². The van der Waals surface area contributed by atoms with E-state index in [0.29, 0.717) is 18.3 Å². The topological polar surface area (TPSA) is 47.6 Å². The maximum atomic E-state index is 6.05. The second kappa shape index (κ2) is 8.83. The Labute approximate surface area is 140 Å². The van der Waals surface area contributed by atoms with Crippen LogP contribution < -0.4 is 5.73 Å². The highest BCUT2D eigenvalue weighted by atomic mass is 35.5. The highest BCUT2D eigenvalue weighted by molar-refractivity contribution is 8.14. The van der Waals surface area contributed by atoms with Crippen LogP contribution >= 0.6 is 23.4 Å². The number of hydrogen-bond donors (Lipinski definition) is 1. The fraction of sp³-hybridized carbons (Fsp3) is 0.235. The fourth-order valence-corrected chi connectivity index (χ4v) is 3.12. The summed E-state index contributed by atoms with van der Waals surface area (Å²) in [5.41, 5.74) is 8.38. The SMILES string of the molecule is COCCN=C(N)S[C@@H](c1ccccc1)c1ccc(Cl)cc1. The summed E-state index contributed by atoms with van der Waals surface area (Å²) in [5.74, 6) is 0. The van der Waals surface area contributed by atoms with E-state index in [2.05, 4.69) is 17.1 Å². The molecule has 116 valence electrons. The molecule has 22 heavy (non-hydrogen) atoms. The number of aliphatic imine (C=N–C) groups is 1. The smallest absolute Gasteiger partial charge is 0.154 e. The largest absolute Gasteiger partial charge is 0.383 e. The Hall–Kier alpha value is -1.49. The average molecular weight is 335 g/mol. The van der Waals surface area contributed by atoms with E-state index in [9.17, 15) is 0 Å². The Bertz CT molecular complexity index is 602. The monoisotopic (exact) mass is 334 g/mol. The quantitative estimate of drug-likeness (QED) is 0.491. The number of nitrogens with zero attached hydrogens (tertiary/aromatic N) is 1. The van der Waals surface area contributed by atoms with Crippen molar-refractivity contribution in [3.63, 3.8) is 0 Å². The zero-order chi connectivity index (χ0) is 15.8. The molecule has 3 nitrogen and oxygen atoms in total. The standard InChI is InChI=1S/C17H19ClN2OS/c1-21-12-11-20-17(19)22-16(13-5-3-2-4-6-13)14-7-9-15(18)10-8-14/h2-10,16H,11-12H2,1H3,(H2,19,20)/t16-/m0/s1. The summed E-state index contributed by atoms with van der Waals surface area (Å²) >= 11 is 7.52. The van der Waals surface area contributed by atoms with Crippen LogP contribution in [-0.2, 0) is 4.74 Å². The Morgan fingerprint density at radius 3 is 2.41 bits per heavy atom. The van der Waals surface area contributed by atoms with Crippen LogP contribution in [0.15, 0.2) is 59.6 Å². The van der Waals surface area contributed by atoms with Crippen LogP contribution in [-0.4, -0.2) is 25.4 Å². The lowest BCUT2D eigenvalue weighted by molar-refractivity contribution is 0.208. The predicted molar refractivity (Wildman–Crippen MR) is 95.7 cm³/mol. The van der Waals surface area contributed by atoms with Gasteiger partial charge in [0.2, 0.25) is 0 Å². The van der Waals surface area contributed by atoms with E-state index < -0.39 is 0 Å².